The van der Waals surface area contributed by atoms with Gasteiger partial charge in [0.15, 0.2) is 0 Å². The van der Waals surface area contributed by atoms with Gasteiger partial charge in [0.2, 0.25) is 0 Å². The summed E-state index contributed by atoms with van der Waals surface area (Å²) in [5.74, 6) is 1.06. The molecular weight excluding hydrogens is 234 g/mol. The molecule has 1 heterocycles. The molecule has 104 valence electrons. The van der Waals surface area contributed by atoms with Crippen molar-refractivity contribution >= 4 is 0 Å². The van der Waals surface area contributed by atoms with Gasteiger partial charge in [0.1, 0.15) is 11.9 Å². The Morgan fingerprint density at radius 1 is 1.47 bits per heavy atom. The molecule has 0 radical (unpaired) electrons. The van der Waals surface area contributed by atoms with Gasteiger partial charge in [0.25, 0.3) is 0 Å². The van der Waals surface area contributed by atoms with Crippen LogP contribution in [0.25, 0.3) is 0 Å². The molecule has 2 atom stereocenters. The fraction of sp³-hybridized carbons (Fsp3) is 0.529. The minimum atomic E-state index is 0.267. The predicted molar refractivity (Wildman–Crippen MR) is 80.7 cm³/mol. The first-order valence-corrected chi connectivity index (χ1v) is 7.33. The zero-order valence-electron chi connectivity index (χ0n) is 12.1. The number of allylic oxidation sites excluding steroid dienone is 1. The fourth-order valence-electron chi connectivity index (χ4n) is 2.58. The van der Waals surface area contributed by atoms with Crippen molar-refractivity contribution in [2.75, 3.05) is 6.54 Å². The van der Waals surface area contributed by atoms with Gasteiger partial charge in [-0.1, -0.05) is 30.7 Å². The zero-order chi connectivity index (χ0) is 13.7. The van der Waals surface area contributed by atoms with Gasteiger partial charge >= 0.3 is 0 Å². The fourth-order valence-corrected chi connectivity index (χ4v) is 2.58. The third kappa shape index (κ3) is 3.84. The predicted octanol–water partition coefficient (Wildman–Crippen LogP) is 3.71. The highest BCUT2D eigenvalue weighted by Gasteiger charge is 2.29. The Morgan fingerprint density at radius 2 is 2.26 bits per heavy atom. The molecule has 0 spiro atoms. The normalized spacial score (nSPS) is 18.7. The number of hydrogen-bond donors (Lipinski definition) is 1. The molecule has 0 saturated carbocycles. The molecule has 0 fully saturated rings. The van der Waals surface area contributed by atoms with Gasteiger partial charge in [-0.25, -0.2) is 0 Å². The van der Waals surface area contributed by atoms with Crippen molar-refractivity contribution in [2.45, 2.75) is 51.7 Å². The smallest absolute Gasteiger partial charge is 0.123 e. The van der Waals surface area contributed by atoms with E-state index in [1.807, 2.05) is 6.07 Å². The summed E-state index contributed by atoms with van der Waals surface area (Å²) < 4.78 is 6.11. The number of rotatable bonds is 7. The van der Waals surface area contributed by atoms with Crippen molar-refractivity contribution in [3.63, 3.8) is 0 Å². The monoisotopic (exact) mass is 259 g/mol. The van der Waals surface area contributed by atoms with E-state index >= 15 is 0 Å². The van der Waals surface area contributed by atoms with E-state index in [0.717, 1.165) is 38.0 Å². The van der Waals surface area contributed by atoms with Gasteiger partial charge < -0.3 is 10.1 Å². The van der Waals surface area contributed by atoms with Crippen molar-refractivity contribution in [3.05, 3.63) is 42.0 Å². The van der Waals surface area contributed by atoms with Crippen LogP contribution in [-0.2, 0) is 6.42 Å². The zero-order valence-corrected chi connectivity index (χ0v) is 12.1. The Kier molecular flexibility index (Phi) is 5.03. The van der Waals surface area contributed by atoms with Crippen LogP contribution in [0.15, 0.2) is 36.4 Å². The van der Waals surface area contributed by atoms with E-state index in [2.05, 4.69) is 43.9 Å². The second kappa shape index (κ2) is 6.76. The highest BCUT2D eigenvalue weighted by atomic mass is 16.5. The van der Waals surface area contributed by atoms with E-state index in [0.29, 0.717) is 6.04 Å². The van der Waals surface area contributed by atoms with Crippen LogP contribution in [0.1, 0.15) is 38.7 Å². The van der Waals surface area contributed by atoms with Crippen molar-refractivity contribution < 1.29 is 4.74 Å². The van der Waals surface area contributed by atoms with E-state index in [4.69, 9.17) is 4.74 Å². The number of nitrogens with one attached hydrogen (secondary N) is 1. The van der Waals surface area contributed by atoms with E-state index in [1.54, 1.807) is 0 Å². The number of fused-ring (bicyclic) bond motifs is 1. The average molecular weight is 259 g/mol. The van der Waals surface area contributed by atoms with E-state index in [9.17, 15) is 0 Å². The lowest BCUT2D eigenvalue weighted by Gasteiger charge is -2.24. The molecule has 1 aromatic carbocycles. The minimum Gasteiger partial charge on any atom is -0.488 e. The van der Waals surface area contributed by atoms with Gasteiger partial charge in [0.05, 0.1) is 0 Å². The highest BCUT2D eigenvalue weighted by Crippen LogP contribution is 2.30. The molecule has 1 aromatic rings. The Morgan fingerprint density at radius 3 is 2.95 bits per heavy atom. The Bertz CT molecular complexity index is 402. The molecule has 0 saturated heterocycles. The molecule has 0 bridgehead atoms. The third-order valence-corrected chi connectivity index (χ3v) is 3.66. The molecule has 2 heteroatoms. The number of para-hydroxylation sites is 1. The lowest BCUT2D eigenvalue weighted by molar-refractivity contribution is 0.172. The van der Waals surface area contributed by atoms with E-state index in [-0.39, 0.29) is 6.10 Å². The molecule has 1 aliphatic rings. The van der Waals surface area contributed by atoms with Crippen molar-refractivity contribution in [1.29, 1.82) is 0 Å². The Balaban J connectivity index is 1.97. The molecule has 2 rings (SSSR count). The molecule has 2 nitrogen and oxygen atoms in total. The standard InChI is InChI=1S/C17H25NO/c1-4-11-18-15(10-9-13(2)3)17-12-14-7-5-6-8-16(14)19-17/h5-8,15,17-18H,2,4,9-12H2,1,3H3. The maximum atomic E-state index is 6.11. The SMILES string of the molecule is C=C(C)CCC(NCCC)C1Cc2ccccc2O1. The van der Waals surface area contributed by atoms with Gasteiger partial charge in [-0.05, 0) is 44.4 Å². The first kappa shape index (κ1) is 14.1. The Labute approximate surface area is 116 Å². The third-order valence-electron chi connectivity index (χ3n) is 3.66. The van der Waals surface area contributed by atoms with Crippen LogP contribution >= 0.6 is 0 Å². The summed E-state index contributed by atoms with van der Waals surface area (Å²) in [7, 11) is 0. The second-order valence-corrected chi connectivity index (χ2v) is 5.52. The number of ether oxygens (including phenoxy) is 1. The quantitative estimate of drug-likeness (QED) is 0.754. The molecule has 2 unspecified atom stereocenters. The molecule has 0 aliphatic carbocycles. The molecule has 19 heavy (non-hydrogen) atoms. The van der Waals surface area contributed by atoms with E-state index in [1.165, 1.54) is 11.1 Å². The van der Waals surface area contributed by atoms with Crippen LogP contribution in [0, 0.1) is 0 Å². The molecule has 1 aliphatic heterocycles. The lowest BCUT2D eigenvalue weighted by atomic mass is 9.98. The average Bonchev–Trinajstić information content (AvgIpc) is 2.82. The van der Waals surface area contributed by atoms with Crippen LogP contribution < -0.4 is 10.1 Å². The van der Waals surface area contributed by atoms with E-state index < -0.39 is 0 Å². The maximum absolute atomic E-state index is 6.11. The van der Waals surface area contributed by atoms with Crippen LogP contribution in [0.2, 0.25) is 0 Å². The van der Waals surface area contributed by atoms with Crippen molar-refractivity contribution in [3.8, 4) is 5.75 Å². The van der Waals surface area contributed by atoms with Crippen LogP contribution in [0.5, 0.6) is 5.75 Å². The largest absolute Gasteiger partial charge is 0.488 e. The summed E-state index contributed by atoms with van der Waals surface area (Å²) in [4.78, 5) is 0. The van der Waals surface area contributed by atoms with Gasteiger partial charge in [0, 0.05) is 12.5 Å². The number of hydrogen-bond acceptors (Lipinski definition) is 2. The topological polar surface area (TPSA) is 21.3 Å². The molecular formula is C17H25NO. The summed E-state index contributed by atoms with van der Waals surface area (Å²) in [6.45, 7) is 9.36. The summed E-state index contributed by atoms with van der Waals surface area (Å²) >= 11 is 0. The highest BCUT2D eigenvalue weighted by molar-refractivity contribution is 5.37. The van der Waals surface area contributed by atoms with Crippen LogP contribution in [0.4, 0.5) is 0 Å². The van der Waals surface area contributed by atoms with Gasteiger partial charge in [-0.2, -0.15) is 0 Å². The molecule has 0 aromatic heterocycles. The second-order valence-electron chi connectivity index (χ2n) is 5.52. The van der Waals surface area contributed by atoms with Crippen LogP contribution in [0.3, 0.4) is 0 Å². The first-order chi connectivity index (χ1) is 9.20. The van der Waals surface area contributed by atoms with Gasteiger partial charge in [-0.3, -0.25) is 0 Å². The summed E-state index contributed by atoms with van der Waals surface area (Å²) in [6, 6.07) is 8.80. The summed E-state index contributed by atoms with van der Waals surface area (Å²) in [5, 5.41) is 3.64. The van der Waals surface area contributed by atoms with Crippen LogP contribution in [-0.4, -0.2) is 18.7 Å². The number of benzene rings is 1. The van der Waals surface area contributed by atoms with Gasteiger partial charge in [-0.15, -0.1) is 6.58 Å². The van der Waals surface area contributed by atoms with Crippen molar-refractivity contribution in [2.24, 2.45) is 0 Å². The Hall–Kier alpha value is -1.28. The maximum Gasteiger partial charge on any atom is 0.123 e. The summed E-state index contributed by atoms with van der Waals surface area (Å²) in [6.07, 6.45) is 4.62. The minimum absolute atomic E-state index is 0.267. The molecule has 1 N–H and O–H groups in total. The molecule has 0 amide bonds. The van der Waals surface area contributed by atoms with Crippen molar-refractivity contribution in [1.82, 2.24) is 5.32 Å². The summed E-state index contributed by atoms with van der Waals surface area (Å²) in [5.41, 5.74) is 2.59. The first-order valence-electron chi connectivity index (χ1n) is 7.33. The lowest BCUT2D eigenvalue weighted by Crippen LogP contribution is -2.42.